The van der Waals surface area contributed by atoms with Crippen molar-refractivity contribution in [3.63, 3.8) is 0 Å². The van der Waals surface area contributed by atoms with Gasteiger partial charge in [-0.05, 0) is 0 Å². The average molecular weight is 320 g/mol. The monoisotopic (exact) mass is 318 g/mol. The Labute approximate surface area is 106 Å². The van der Waals surface area contributed by atoms with E-state index >= 15 is 0 Å². The molecule has 0 aliphatic heterocycles. The summed E-state index contributed by atoms with van der Waals surface area (Å²) in [6, 6.07) is 18.2. The maximum Gasteiger partial charge on any atom is -0.172 e. The van der Waals surface area contributed by atoms with E-state index < -0.39 is 18.9 Å². The molecule has 0 N–H and O–H groups in total. The molecule has 2 rings (SSSR count). The normalized spacial score (nSPS) is 7.93. The van der Waals surface area contributed by atoms with Crippen molar-refractivity contribution in [2.75, 3.05) is 0 Å². The molecule has 0 amide bonds. The number of aryl methyl sites for hydroxylation is 1. The van der Waals surface area contributed by atoms with Gasteiger partial charge in [-0.3, -0.25) is 0 Å². The van der Waals surface area contributed by atoms with Crippen molar-refractivity contribution in [2.45, 2.75) is 6.92 Å². The van der Waals surface area contributed by atoms with E-state index in [0.29, 0.717) is 0 Å². The third-order valence-corrected chi connectivity index (χ3v) is 1.38. The second kappa shape index (κ2) is 10.5. The molecule has 0 heterocycles. The zero-order chi connectivity index (χ0) is 11.5. The molecule has 82 valence electrons. The van der Waals surface area contributed by atoms with Crippen molar-refractivity contribution < 1.29 is 18.9 Å². The minimum atomic E-state index is -1.85. The van der Waals surface area contributed by atoms with Crippen molar-refractivity contribution in [2.24, 2.45) is 0 Å². The summed E-state index contributed by atoms with van der Waals surface area (Å²) in [5.41, 5.74) is 1.34. The van der Waals surface area contributed by atoms with Crippen LogP contribution in [0.15, 0.2) is 54.6 Å². The summed E-state index contributed by atoms with van der Waals surface area (Å²) in [6.45, 7) is 2.08. The number of rotatable bonds is 0. The van der Waals surface area contributed by atoms with Gasteiger partial charge < -0.3 is 0 Å². The Hall–Kier alpha value is 0.0331. The Morgan fingerprint density at radius 2 is 1.67 bits per heavy atom. The van der Waals surface area contributed by atoms with Crippen LogP contribution >= 0.6 is 17.0 Å². The van der Waals surface area contributed by atoms with Crippen LogP contribution in [-0.4, -0.2) is 4.21 Å². The van der Waals surface area contributed by atoms with Gasteiger partial charge in [-0.1, -0.05) is 6.92 Å². The smallest absolute Gasteiger partial charge is 0.172 e. The minimum absolute atomic E-state index is 1.34. The first-order chi connectivity index (χ1) is 7.13. The van der Waals surface area contributed by atoms with E-state index in [0.717, 1.165) is 0 Å². The SMILES string of the molecule is Cc1cc[cH-]c1.[CH2]=[Zr]([Cl])[Cl].c1cc[cH-]c1. The maximum atomic E-state index is 5.13. The molecule has 0 nitrogen and oxygen atoms in total. The Balaban J connectivity index is 0.000000202. The molecule has 0 spiro atoms. The summed E-state index contributed by atoms with van der Waals surface area (Å²) >= 11 is -1.85. The summed E-state index contributed by atoms with van der Waals surface area (Å²) < 4.78 is 3.37. The number of hydrogen-bond acceptors (Lipinski definition) is 0. The molecular formula is C12H14Cl2Zr-2. The Morgan fingerprint density at radius 1 is 1.13 bits per heavy atom. The molecule has 0 saturated heterocycles. The predicted octanol–water partition coefficient (Wildman–Crippen LogP) is 4.46. The van der Waals surface area contributed by atoms with Crippen LogP contribution in [0.25, 0.3) is 0 Å². The average Bonchev–Trinajstić information content (AvgIpc) is 2.75. The Bertz CT molecular complexity index is 301. The van der Waals surface area contributed by atoms with E-state index in [9.17, 15) is 0 Å². The summed E-state index contributed by atoms with van der Waals surface area (Å²) in [4.78, 5) is 0. The van der Waals surface area contributed by atoms with Gasteiger partial charge in [0.25, 0.3) is 0 Å². The van der Waals surface area contributed by atoms with Crippen LogP contribution in [0.2, 0.25) is 0 Å². The second-order valence-corrected chi connectivity index (χ2v) is 11.0. The first-order valence-corrected chi connectivity index (χ1v) is 12.5. The van der Waals surface area contributed by atoms with Gasteiger partial charge in [-0.25, -0.2) is 23.8 Å². The molecule has 0 aliphatic carbocycles. The van der Waals surface area contributed by atoms with Crippen LogP contribution in [0.3, 0.4) is 0 Å². The van der Waals surface area contributed by atoms with Crippen molar-refractivity contribution in [3.05, 3.63) is 60.2 Å². The molecule has 0 fully saturated rings. The van der Waals surface area contributed by atoms with Gasteiger partial charge in [-0.15, -0.1) is 0 Å². The van der Waals surface area contributed by atoms with E-state index in [-0.39, 0.29) is 0 Å². The van der Waals surface area contributed by atoms with Crippen molar-refractivity contribution in [1.29, 1.82) is 0 Å². The molecule has 2 aromatic carbocycles. The summed E-state index contributed by atoms with van der Waals surface area (Å²) in [6.07, 6.45) is 0. The fraction of sp³-hybridized carbons (Fsp3) is 0.0833. The van der Waals surface area contributed by atoms with Gasteiger partial charge in [-0.2, -0.15) is 36.4 Å². The van der Waals surface area contributed by atoms with Crippen LogP contribution < -0.4 is 0 Å². The van der Waals surface area contributed by atoms with Crippen molar-refractivity contribution in [3.8, 4) is 0 Å². The van der Waals surface area contributed by atoms with E-state index in [1.54, 1.807) is 0 Å². The molecule has 3 heteroatoms. The third-order valence-electron chi connectivity index (χ3n) is 1.38. The molecule has 0 bridgehead atoms. The van der Waals surface area contributed by atoms with Crippen LogP contribution in [0.1, 0.15) is 5.56 Å². The van der Waals surface area contributed by atoms with Gasteiger partial charge >= 0.3 is 40.1 Å². The minimum Gasteiger partial charge on any atom is -0.214 e. The van der Waals surface area contributed by atoms with E-state index in [4.69, 9.17) is 17.0 Å². The van der Waals surface area contributed by atoms with Crippen molar-refractivity contribution >= 4 is 21.2 Å². The molecule has 0 unspecified atom stereocenters. The quantitative estimate of drug-likeness (QED) is 0.629. The van der Waals surface area contributed by atoms with Crippen LogP contribution in [0.4, 0.5) is 0 Å². The number of halogens is 2. The summed E-state index contributed by atoms with van der Waals surface area (Å²) in [5.74, 6) is 0. The Kier molecular flexibility index (Phi) is 10.6. The predicted molar refractivity (Wildman–Crippen MR) is 67.6 cm³/mol. The van der Waals surface area contributed by atoms with E-state index in [2.05, 4.69) is 23.3 Å². The molecule has 0 radical (unpaired) electrons. The first kappa shape index (κ1) is 15.0. The summed E-state index contributed by atoms with van der Waals surface area (Å²) in [5, 5.41) is 0. The fourth-order valence-corrected chi connectivity index (χ4v) is 0.791. The van der Waals surface area contributed by atoms with Crippen LogP contribution in [0.5, 0.6) is 0 Å². The first-order valence-electron chi connectivity index (χ1n) is 4.48. The topological polar surface area (TPSA) is 0 Å². The molecular weight excluding hydrogens is 306 g/mol. The standard InChI is InChI=1S/C6H7.C5H5.CH2.2ClH.Zr/c1-6-4-2-3-5-6;1-2-4-5-3-1;;;;/h2-5H,1H3;1-5H;1H2;2*1H;/q2*-1;;;;+2/p-2. The molecule has 0 aliphatic rings. The molecule has 15 heavy (non-hydrogen) atoms. The van der Waals surface area contributed by atoms with Gasteiger partial charge in [0.05, 0.1) is 0 Å². The molecule has 0 aromatic heterocycles. The second-order valence-electron chi connectivity index (χ2n) is 2.76. The van der Waals surface area contributed by atoms with Gasteiger partial charge in [0.1, 0.15) is 0 Å². The van der Waals surface area contributed by atoms with Gasteiger partial charge in [0.2, 0.25) is 0 Å². The van der Waals surface area contributed by atoms with Crippen molar-refractivity contribution in [1.82, 2.24) is 0 Å². The molecule has 2 aromatic rings. The van der Waals surface area contributed by atoms with Gasteiger partial charge in [0.15, 0.2) is 0 Å². The third kappa shape index (κ3) is 14.0. The van der Waals surface area contributed by atoms with E-state index in [1.165, 1.54) is 5.56 Å². The number of hydrogen-bond donors (Lipinski definition) is 0. The van der Waals surface area contributed by atoms with Crippen LogP contribution in [-0.2, 0) is 18.9 Å². The maximum absolute atomic E-state index is 5.13. The molecule has 0 saturated carbocycles. The zero-order valence-electron chi connectivity index (χ0n) is 8.66. The fourth-order valence-electron chi connectivity index (χ4n) is 0.791. The Morgan fingerprint density at radius 3 is 1.80 bits per heavy atom. The van der Waals surface area contributed by atoms with E-state index in [1.807, 2.05) is 42.5 Å². The largest absolute Gasteiger partial charge is 0.214 e. The summed E-state index contributed by atoms with van der Waals surface area (Å²) in [7, 11) is 10.3. The van der Waals surface area contributed by atoms with Gasteiger partial charge in [0, 0.05) is 0 Å². The zero-order valence-corrected chi connectivity index (χ0v) is 12.6. The molecule has 0 atom stereocenters. The van der Waals surface area contributed by atoms with Crippen LogP contribution in [0, 0.1) is 6.92 Å².